The van der Waals surface area contributed by atoms with Gasteiger partial charge in [0.1, 0.15) is 0 Å². The molecule has 4 heteroatoms. The van der Waals surface area contributed by atoms with Crippen LogP contribution in [0.1, 0.15) is 43.9 Å². The van der Waals surface area contributed by atoms with Gasteiger partial charge in [-0.2, -0.15) is 23.5 Å². The first-order valence-corrected chi connectivity index (χ1v) is 9.55. The van der Waals surface area contributed by atoms with Gasteiger partial charge in [-0.25, -0.2) is 0 Å². The summed E-state index contributed by atoms with van der Waals surface area (Å²) in [6.07, 6.45) is 4.99. The van der Waals surface area contributed by atoms with Crippen molar-refractivity contribution in [1.29, 1.82) is 0 Å². The number of hydrogen-bond donors (Lipinski definition) is 1. The fourth-order valence-electron chi connectivity index (χ4n) is 3.22. The van der Waals surface area contributed by atoms with E-state index < -0.39 is 0 Å². The predicted molar refractivity (Wildman–Crippen MR) is 88.7 cm³/mol. The van der Waals surface area contributed by atoms with Crippen molar-refractivity contribution in [2.75, 3.05) is 5.75 Å². The van der Waals surface area contributed by atoms with Gasteiger partial charge in [0.05, 0.1) is 6.10 Å². The van der Waals surface area contributed by atoms with E-state index in [1.165, 1.54) is 12.0 Å². The molecule has 1 N–H and O–H groups in total. The van der Waals surface area contributed by atoms with Gasteiger partial charge in [0.15, 0.2) is 0 Å². The fraction of sp³-hybridized carbons (Fsp3) is 0.688. The number of aliphatic hydroxyl groups is 1. The maximum Gasteiger partial charge on any atom is 0.0750 e. The molecule has 1 aromatic heterocycles. The largest absolute Gasteiger partial charge is 0.391 e. The smallest absolute Gasteiger partial charge is 0.0750 e. The summed E-state index contributed by atoms with van der Waals surface area (Å²) in [5.74, 6) is 1.30. The van der Waals surface area contributed by atoms with Crippen molar-refractivity contribution < 1.29 is 5.11 Å². The molecule has 0 aromatic carbocycles. The van der Waals surface area contributed by atoms with E-state index in [9.17, 15) is 5.11 Å². The molecule has 1 saturated heterocycles. The number of rotatable bonds is 2. The molecule has 0 bridgehead atoms. The molecule has 5 atom stereocenters. The Labute approximate surface area is 130 Å². The van der Waals surface area contributed by atoms with E-state index in [0.29, 0.717) is 15.7 Å². The summed E-state index contributed by atoms with van der Waals surface area (Å²) in [5.41, 5.74) is 2.50. The second kappa shape index (κ2) is 6.29. The molecule has 20 heavy (non-hydrogen) atoms. The van der Waals surface area contributed by atoms with Crippen LogP contribution in [0.5, 0.6) is 0 Å². The minimum absolute atomic E-state index is 0.235. The Kier molecular flexibility index (Phi) is 4.63. The Morgan fingerprint density at radius 1 is 1.35 bits per heavy atom. The first-order chi connectivity index (χ1) is 9.66. The van der Waals surface area contributed by atoms with E-state index in [1.54, 1.807) is 0 Å². The van der Waals surface area contributed by atoms with Crippen molar-refractivity contribution in [3.8, 4) is 0 Å². The van der Waals surface area contributed by atoms with Crippen LogP contribution in [0.4, 0.5) is 0 Å². The first kappa shape index (κ1) is 14.7. The summed E-state index contributed by atoms with van der Waals surface area (Å²) in [6, 6.07) is 4.19. The molecule has 110 valence electrons. The molecule has 1 fully saturated rings. The van der Waals surface area contributed by atoms with Crippen molar-refractivity contribution in [2.45, 2.75) is 60.9 Å². The molecule has 2 heterocycles. The summed E-state index contributed by atoms with van der Waals surface area (Å²) in [7, 11) is 0. The zero-order valence-corrected chi connectivity index (χ0v) is 13.8. The maximum absolute atomic E-state index is 10.9. The zero-order chi connectivity index (χ0) is 14.1. The van der Waals surface area contributed by atoms with E-state index >= 15 is 0 Å². The second-order valence-electron chi connectivity index (χ2n) is 5.96. The SMILES string of the molecule is CC1SCC(C(O)C2CCCc3cccnc32)SC1C. The van der Waals surface area contributed by atoms with Gasteiger partial charge in [0, 0.05) is 39.3 Å². The average Bonchev–Trinajstić information content (AvgIpc) is 2.49. The van der Waals surface area contributed by atoms with Gasteiger partial charge in [-0.15, -0.1) is 0 Å². The lowest BCUT2D eigenvalue weighted by Crippen LogP contribution is -2.39. The predicted octanol–water partition coefficient (Wildman–Crippen LogP) is 3.49. The number of hydrogen-bond acceptors (Lipinski definition) is 4. The van der Waals surface area contributed by atoms with Crippen LogP contribution in [0.15, 0.2) is 18.3 Å². The number of aromatic nitrogens is 1. The highest BCUT2D eigenvalue weighted by atomic mass is 32.2. The Hall–Kier alpha value is -0.190. The summed E-state index contributed by atoms with van der Waals surface area (Å²) in [5, 5.41) is 12.5. The highest BCUT2D eigenvalue weighted by molar-refractivity contribution is 8.07. The monoisotopic (exact) mass is 309 g/mol. The Morgan fingerprint density at radius 3 is 3.00 bits per heavy atom. The van der Waals surface area contributed by atoms with Gasteiger partial charge >= 0.3 is 0 Å². The van der Waals surface area contributed by atoms with Crippen LogP contribution >= 0.6 is 23.5 Å². The third kappa shape index (κ3) is 2.88. The molecular formula is C16H23NOS2. The van der Waals surface area contributed by atoms with Crippen LogP contribution in [0.2, 0.25) is 0 Å². The quantitative estimate of drug-likeness (QED) is 0.906. The third-order valence-corrected chi connectivity index (χ3v) is 8.11. The molecule has 0 radical (unpaired) electrons. The number of nitrogens with zero attached hydrogens (tertiary/aromatic N) is 1. The van der Waals surface area contributed by atoms with E-state index in [4.69, 9.17) is 0 Å². The Morgan fingerprint density at radius 2 is 2.20 bits per heavy atom. The third-order valence-electron chi connectivity index (χ3n) is 4.61. The number of aliphatic hydroxyl groups excluding tert-OH is 1. The van der Waals surface area contributed by atoms with Gasteiger partial charge < -0.3 is 5.11 Å². The highest BCUT2D eigenvalue weighted by Gasteiger charge is 2.37. The van der Waals surface area contributed by atoms with Crippen LogP contribution in [-0.2, 0) is 6.42 Å². The summed E-state index contributed by atoms with van der Waals surface area (Å²) in [4.78, 5) is 4.57. The summed E-state index contributed by atoms with van der Waals surface area (Å²) >= 11 is 3.98. The van der Waals surface area contributed by atoms with Gasteiger partial charge in [-0.05, 0) is 30.9 Å². The van der Waals surface area contributed by atoms with Crippen molar-refractivity contribution >= 4 is 23.5 Å². The van der Waals surface area contributed by atoms with Crippen LogP contribution in [0.3, 0.4) is 0 Å². The minimum atomic E-state index is -0.253. The van der Waals surface area contributed by atoms with Crippen molar-refractivity contribution in [1.82, 2.24) is 4.98 Å². The van der Waals surface area contributed by atoms with Gasteiger partial charge in [-0.1, -0.05) is 19.9 Å². The number of pyridine rings is 1. The number of aryl methyl sites for hydroxylation is 1. The minimum Gasteiger partial charge on any atom is -0.391 e. The van der Waals surface area contributed by atoms with Crippen LogP contribution in [0.25, 0.3) is 0 Å². The van der Waals surface area contributed by atoms with E-state index in [1.807, 2.05) is 35.8 Å². The van der Waals surface area contributed by atoms with Crippen LogP contribution in [0, 0.1) is 0 Å². The van der Waals surface area contributed by atoms with Crippen molar-refractivity contribution in [3.63, 3.8) is 0 Å². The lowest BCUT2D eigenvalue weighted by atomic mass is 9.82. The van der Waals surface area contributed by atoms with E-state index in [0.717, 1.165) is 24.3 Å². The average molecular weight is 310 g/mol. The molecule has 5 unspecified atom stereocenters. The fourth-order valence-corrected chi connectivity index (χ4v) is 6.29. The van der Waals surface area contributed by atoms with Gasteiger partial charge in [-0.3, -0.25) is 4.98 Å². The van der Waals surface area contributed by atoms with Crippen LogP contribution < -0.4 is 0 Å². The normalized spacial score (nSPS) is 35.4. The molecule has 2 nitrogen and oxygen atoms in total. The second-order valence-corrected chi connectivity index (χ2v) is 8.99. The molecule has 1 aliphatic carbocycles. The standard InChI is InChI=1S/C16H23NOS2/c1-10-11(2)20-14(9-19-10)16(18)13-7-3-5-12-6-4-8-17-15(12)13/h4,6,8,10-11,13-14,16,18H,3,5,7,9H2,1-2H3. The lowest BCUT2D eigenvalue weighted by Gasteiger charge is -2.38. The van der Waals surface area contributed by atoms with E-state index in [-0.39, 0.29) is 12.0 Å². The Balaban J connectivity index is 1.76. The first-order valence-electron chi connectivity index (χ1n) is 7.55. The summed E-state index contributed by atoms with van der Waals surface area (Å²) < 4.78 is 0. The van der Waals surface area contributed by atoms with E-state index in [2.05, 4.69) is 24.9 Å². The molecular weight excluding hydrogens is 286 g/mol. The zero-order valence-electron chi connectivity index (χ0n) is 12.2. The molecule has 0 spiro atoms. The van der Waals surface area contributed by atoms with Crippen LogP contribution in [-0.4, -0.2) is 37.7 Å². The number of fused-ring (bicyclic) bond motifs is 1. The molecule has 1 aliphatic heterocycles. The van der Waals surface area contributed by atoms with Crippen molar-refractivity contribution in [2.24, 2.45) is 0 Å². The Bertz CT molecular complexity index is 468. The molecule has 0 amide bonds. The molecule has 0 saturated carbocycles. The summed E-state index contributed by atoms with van der Waals surface area (Å²) in [6.45, 7) is 4.58. The topological polar surface area (TPSA) is 33.1 Å². The van der Waals surface area contributed by atoms with Gasteiger partial charge in [0.2, 0.25) is 0 Å². The van der Waals surface area contributed by atoms with Crippen molar-refractivity contribution in [3.05, 3.63) is 29.6 Å². The lowest BCUT2D eigenvalue weighted by molar-refractivity contribution is 0.134. The maximum atomic E-state index is 10.9. The molecule has 3 rings (SSSR count). The molecule has 2 aliphatic rings. The molecule has 1 aromatic rings. The number of thioether (sulfide) groups is 2. The van der Waals surface area contributed by atoms with Gasteiger partial charge in [0.25, 0.3) is 0 Å². The highest BCUT2D eigenvalue weighted by Crippen LogP contribution is 2.42.